The Morgan fingerprint density at radius 3 is 2.65 bits per heavy atom. The number of nitrogens with one attached hydrogen (secondary N) is 3. The summed E-state index contributed by atoms with van der Waals surface area (Å²) in [5.74, 6) is 0.214. The molecule has 40 heavy (non-hydrogen) atoms. The molecule has 0 radical (unpaired) electrons. The first-order valence-corrected chi connectivity index (χ1v) is 15.1. The number of rotatable bonds is 9. The van der Waals surface area contributed by atoms with Crippen molar-refractivity contribution >= 4 is 15.9 Å². The van der Waals surface area contributed by atoms with E-state index in [1.54, 1.807) is 0 Å². The number of carbonyl (C=O) groups excluding carboxylic acids is 1. The number of piperazine rings is 1. The molecular weight excluding hydrogens is 545 g/mol. The quantitative estimate of drug-likeness (QED) is 0.391. The predicted octanol–water partition coefficient (Wildman–Crippen LogP) is 3.68. The molecule has 218 valence electrons. The Kier molecular flexibility index (Phi) is 8.01. The van der Waals surface area contributed by atoms with E-state index < -0.39 is 33.7 Å². The second-order valence-electron chi connectivity index (χ2n) is 11.1. The van der Waals surface area contributed by atoms with Crippen LogP contribution in [0.2, 0.25) is 0 Å². The van der Waals surface area contributed by atoms with Gasteiger partial charge in [-0.1, -0.05) is 32.0 Å². The van der Waals surface area contributed by atoms with Crippen molar-refractivity contribution < 1.29 is 31.1 Å². The Balaban J connectivity index is 1.28. The highest BCUT2D eigenvalue weighted by atomic mass is 32.2. The third-order valence-corrected chi connectivity index (χ3v) is 9.60. The molecule has 2 heterocycles. The van der Waals surface area contributed by atoms with Gasteiger partial charge in [-0.3, -0.25) is 10.1 Å². The zero-order valence-electron chi connectivity index (χ0n) is 22.6. The number of fused-ring (bicyclic) bond motifs is 2. The van der Waals surface area contributed by atoms with Gasteiger partial charge in [-0.25, -0.2) is 8.42 Å². The van der Waals surface area contributed by atoms with E-state index in [4.69, 9.17) is 4.74 Å². The Bertz CT molecular complexity index is 1350. The van der Waals surface area contributed by atoms with E-state index in [0.717, 1.165) is 66.5 Å². The SMILES string of the molecule is CC(C)CNCc1ccc2c(c1)CCC[C@H]2NC(=O)CC12OC1NCCN2S(=O)(=O)c1ccc(C(F)(F)F)cc1. The van der Waals surface area contributed by atoms with E-state index in [2.05, 4.69) is 48.0 Å². The van der Waals surface area contributed by atoms with Crippen molar-refractivity contribution in [1.82, 2.24) is 20.3 Å². The molecule has 8 nitrogen and oxygen atoms in total. The van der Waals surface area contributed by atoms with Crippen LogP contribution in [0.5, 0.6) is 0 Å². The van der Waals surface area contributed by atoms with Crippen molar-refractivity contribution in [3.8, 4) is 0 Å². The monoisotopic (exact) mass is 580 g/mol. The summed E-state index contributed by atoms with van der Waals surface area (Å²) in [7, 11) is -4.22. The minimum atomic E-state index is -4.58. The third-order valence-electron chi connectivity index (χ3n) is 7.66. The Morgan fingerprint density at radius 1 is 1.20 bits per heavy atom. The molecule has 3 atom stereocenters. The van der Waals surface area contributed by atoms with Crippen molar-refractivity contribution in [2.75, 3.05) is 19.6 Å². The second-order valence-corrected chi connectivity index (χ2v) is 13.0. The lowest BCUT2D eigenvalue weighted by Gasteiger charge is -2.32. The van der Waals surface area contributed by atoms with Crippen LogP contribution in [0.25, 0.3) is 0 Å². The molecule has 1 aliphatic carbocycles. The molecule has 0 saturated carbocycles. The number of hydrogen-bond donors (Lipinski definition) is 3. The number of hydrogen-bond acceptors (Lipinski definition) is 6. The van der Waals surface area contributed by atoms with Crippen LogP contribution >= 0.6 is 0 Å². The lowest BCUT2D eigenvalue weighted by atomic mass is 9.86. The number of ether oxygens (including phenoxy) is 1. The van der Waals surface area contributed by atoms with Crippen LogP contribution in [0.3, 0.4) is 0 Å². The number of benzene rings is 2. The summed E-state index contributed by atoms with van der Waals surface area (Å²) in [4.78, 5) is 13.0. The number of halogens is 3. The van der Waals surface area contributed by atoms with Gasteiger partial charge in [-0.05, 0) is 72.7 Å². The first-order valence-electron chi connectivity index (χ1n) is 13.6. The highest BCUT2D eigenvalue weighted by Gasteiger charge is 2.67. The number of nitrogens with zero attached hydrogens (tertiary/aromatic N) is 1. The highest BCUT2D eigenvalue weighted by Crippen LogP contribution is 2.46. The predicted molar refractivity (Wildman–Crippen MR) is 142 cm³/mol. The molecule has 2 saturated heterocycles. The Labute approximate surface area is 232 Å². The molecule has 0 aromatic heterocycles. The fourth-order valence-corrected chi connectivity index (χ4v) is 7.32. The second kappa shape index (κ2) is 11.1. The highest BCUT2D eigenvalue weighted by molar-refractivity contribution is 7.89. The van der Waals surface area contributed by atoms with Gasteiger partial charge in [0.25, 0.3) is 0 Å². The number of aryl methyl sites for hydroxylation is 1. The maximum absolute atomic E-state index is 13.5. The zero-order chi connectivity index (χ0) is 28.7. The van der Waals surface area contributed by atoms with Crippen LogP contribution in [-0.4, -0.2) is 50.2 Å². The smallest absolute Gasteiger partial charge is 0.349 e. The fraction of sp³-hybridized carbons (Fsp3) is 0.536. The molecule has 1 amide bonds. The van der Waals surface area contributed by atoms with E-state index in [9.17, 15) is 26.4 Å². The third kappa shape index (κ3) is 5.91. The minimum absolute atomic E-state index is 0.0209. The van der Waals surface area contributed by atoms with Gasteiger partial charge in [-0.15, -0.1) is 0 Å². The lowest BCUT2D eigenvalue weighted by molar-refractivity contribution is -0.137. The minimum Gasteiger partial charge on any atom is -0.349 e. The molecule has 5 rings (SSSR count). The number of epoxide rings is 1. The summed E-state index contributed by atoms with van der Waals surface area (Å²) in [6.45, 7) is 6.34. The summed E-state index contributed by atoms with van der Waals surface area (Å²) in [6, 6.07) is 9.48. The molecule has 3 N–H and O–H groups in total. The van der Waals surface area contributed by atoms with Crippen LogP contribution in [0, 0.1) is 5.92 Å². The van der Waals surface area contributed by atoms with Crippen molar-refractivity contribution in [3.63, 3.8) is 0 Å². The molecule has 2 unspecified atom stereocenters. The first kappa shape index (κ1) is 29.0. The average Bonchev–Trinajstić information content (AvgIpc) is 3.61. The van der Waals surface area contributed by atoms with Gasteiger partial charge in [0.1, 0.15) is 0 Å². The van der Waals surface area contributed by atoms with Gasteiger partial charge in [0, 0.05) is 19.6 Å². The molecule has 0 bridgehead atoms. The maximum Gasteiger partial charge on any atom is 0.416 e. The van der Waals surface area contributed by atoms with E-state index in [0.29, 0.717) is 5.92 Å². The van der Waals surface area contributed by atoms with Gasteiger partial charge in [0.05, 0.1) is 22.9 Å². The molecule has 3 aliphatic rings. The summed E-state index contributed by atoms with van der Waals surface area (Å²) in [5.41, 5.74) is 1.09. The van der Waals surface area contributed by atoms with Crippen LogP contribution in [-0.2, 0) is 38.7 Å². The summed E-state index contributed by atoms with van der Waals surface area (Å²) in [5, 5.41) is 9.60. The summed E-state index contributed by atoms with van der Waals surface area (Å²) < 4.78 is 72.8. The van der Waals surface area contributed by atoms with E-state index in [-0.39, 0.29) is 36.4 Å². The number of amides is 1. The zero-order valence-corrected chi connectivity index (χ0v) is 23.4. The fourth-order valence-electron chi connectivity index (χ4n) is 5.64. The standard InChI is InChI=1S/C28H35F3N4O4S/c1-18(2)16-32-17-19-6-11-23-20(14-19)4-3-5-24(23)34-25(36)15-27-26(39-27)33-12-13-35(27)40(37,38)22-9-7-21(8-10-22)28(29,30)31/h6-11,14,18,24,26,32-33H,3-5,12-13,15-17H2,1-2H3,(H,34,36)/t24-,26?,27?/m1/s1. The van der Waals surface area contributed by atoms with Crippen molar-refractivity contribution in [1.29, 1.82) is 0 Å². The van der Waals surface area contributed by atoms with Gasteiger partial charge in [-0.2, -0.15) is 17.5 Å². The van der Waals surface area contributed by atoms with E-state index in [1.807, 2.05) is 0 Å². The maximum atomic E-state index is 13.5. The van der Waals surface area contributed by atoms with Crippen LogP contribution < -0.4 is 16.0 Å². The van der Waals surface area contributed by atoms with Gasteiger partial charge < -0.3 is 15.4 Å². The Morgan fingerprint density at radius 2 is 1.95 bits per heavy atom. The topological polar surface area (TPSA) is 103 Å². The van der Waals surface area contributed by atoms with Gasteiger partial charge >= 0.3 is 6.18 Å². The van der Waals surface area contributed by atoms with Gasteiger partial charge in [0.15, 0.2) is 12.0 Å². The Hall–Kier alpha value is -2.51. The first-order chi connectivity index (χ1) is 18.9. The lowest BCUT2D eigenvalue weighted by Crippen LogP contribution is -2.55. The number of carbonyl (C=O) groups is 1. The normalized spacial score (nSPS) is 24.9. The largest absolute Gasteiger partial charge is 0.416 e. The molecule has 0 spiro atoms. The van der Waals surface area contributed by atoms with E-state index in [1.165, 1.54) is 11.1 Å². The molecule has 2 fully saturated rings. The average molecular weight is 581 g/mol. The van der Waals surface area contributed by atoms with Crippen molar-refractivity contribution in [2.45, 2.75) is 75.1 Å². The van der Waals surface area contributed by atoms with Crippen LogP contribution in [0.15, 0.2) is 47.4 Å². The van der Waals surface area contributed by atoms with E-state index >= 15 is 0 Å². The van der Waals surface area contributed by atoms with Crippen LogP contribution in [0.1, 0.15) is 61.4 Å². The summed E-state index contributed by atoms with van der Waals surface area (Å²) >= 11 is 0. The molecular formula is C28H35F3N4O4S. The molecule has 2 aliphatic heterocycles. The van der Waals surface area contributed by atoms with Crippen molar-refractivity contribution in [3.05, 3.63) is 64.7 Å². The molecule has 12 heteroatoms. The molecule has 2 aromatic rings. The van der Waals surface area contributed by atoms with Crippen molar-refractivity contribution in [2.24, 2.45) is 5.92 Å². The number of alkyl halides is 3. The van der Waals surface area contributed by atoms with Crippen LogP contribution in [0.4, 0.5) is 13.2 Å². The number of sulfonamides is 1. The summed E-state index contributed by atoms with van der Waals surface area (Å²) in [6.07, 6.45) is -2.86. The van der Waals surface area contributed by atoms with Gasteiger partial charge in [0.2, 0.25) is 15.9 Å². The molecule has 2 aromatic carbocycles.